The standard InChI is InChI=1S/C28H32N4O3S/c1-21-4-6-22(7-5-21)28(13-3-14-28)23-8-10-25(11-9-23)35-16-24-12-15-29-26(30-24)31-17-27(18-31)19-32(20-27)36(2,33)34/h4-12,15H,3,13-14,16-20H2,1-2H3. The number of sulfonamides is 1. The highest BCUT2D eigenvalue weighted by Crippen LogP contribution is 2.49. The highest BCUT2D eigenvalue weighted by Gasteiger charge is 2.54. The number of anilines is 1. The van der Waals surface area contributed by atoms with Gasteiger partial charge in [-0.1, -0.05) is 48.4 Å². The van der Waals surface area contributed by atoms with Gasteiger partial charge in [-0.2, -0.15) is 0 Å². The number of aryl methyl sites for hydroxylation is 1. The Balaban J connectivity index is 1.07. The number of hydrogen-bond acceptors (Lipinski definition) is 6. The lowest BCUT2D eigenvalue weighted by atomic mass is 9.60. The first kappa shape index (κ1) is 23.4. The minimum absolute atomic E-state index is 0.0526. The van der Waals surface area contributed by atoms with Crippen LogP contribution < -0.4 is 9.64 Å². The Kier molecular flexibility index (Phi) is 5.57. The lowest BCUT2D eigenvalue weighted by Gasteiger charge is -2.59. The van der Waals surface area contributed by atoms with Gasteiger partial charge >= 0.3 is 0 Å². The first-order valence-corrected chi connectivity index (χ1v) is 14.4. The van der Waals surface area contributed by atoms with Crippen LogP contribution in [-0.2, 0) is 22.0 Å². The molecule has 0 atom stereocenters. The molecule has 1 aliphatic carbocycles. The van der Waals surface area contributed by atoms with Crippen LogP contribution >= 0.6 is 0 Å². The second-order valence-corrected chi connectivity index (χ2v) is 12.8. The first-order chi connectivity index (χ1) is 17.2. The third kappa shape index (κ3) is 4.16. The van der Waals surface area contributed by atoms with Gasteiger partial charge in [-0.3, -0.25) is 0 Å². The SMILES string of the molecule is Cc1ccc(C2(c3ccc(OCc4ccnc(N5CC6(C5)CN(S(C)(=O)=O)C6)n4)cc3)CCC2)cc1. The predicted molar refractivity (Wildman–Crippen MR) is 140 cm³/mol. The maximum atomic E-state index is 11.7. The molecule has 0 radical (unpaired) electrons. The van der Waals surface area contributed by atoms with Crippen molar-refractivity contribution in [1.82, 2.24) is 14.3 Å². The van der Waals surface area contributed by atoms with E-state index in [4.69, 9.17) is 4.74 Å². The van der Waals surface area contributed by atoms with E-state index < -0.39 is 10.0 Å². The number of hydrogen-bond donors (Lipinski definition) is 0. The summed E-state index contributed by atoms with van der Waals surface area (Å²) in [5, 5.41) is 0. The summed E-state index contributed by atoms with van der Waals surface area (Å²) >= 11 is 0. The molecule has 3 aliphatic rings. The van der Waals surface area contributed by atoms with Crippen LogP contribution in [-0.4, -0.2) is 55.1 Å². The maximum absolute atomic E-state index is 11.7. The molecule has 1 spiro atoms. The summed E-state index contributed by atoms with van der Waals surface area (Å²) in [6, 6.07) is 19.4. The summed E-state index contributed by atoms with van der Waals surface area (Å²) < 4.78 is 30.9. The van der Waals surface area contributed by atoms with Crippen LogP contribution in [0.3, 0.4) is 0 Å². The molecule has 0 N–H and O–H groups in total. The van der Waals surface area contributed by atoms with E-state index >= 15 is 0 Å². The molecule has 2 aliphatic heterocycles. The van der Waals surface area contributed by atoms with E-state index in [1.54, 1.807) is 6.20 Å². The molecule has 188 valence electrons. The quantitative estimate of drug-likeness (QED) is 0.486. The maximum Gasteiger partial charge on any atom is 0.225 e. The van der Waals surface area contributed by atoms with E-state index in [0.29, 0.717) is 25.6 Å². The summed E-state index contributed by atoms with van der Waals surface area (Å²) in [5.41, 5.74) is 5.05. The van der Waals surface area contributed by atoms with E-state index in [1.807, 2.05) is 6.07 Å². The van der Waals surface area contributed by atoms with Crippen LogP contribution in [0.5, 0.6) is 5.75 Å². The fraction of sp³-hybridized carbons (Fsp3) is 0.429. The molecular weight excluding hydrogens is 472 g/mol. The van der Waals surface area contributed by atoms with Crippen LogP contribution in [0.1, 0.15) is 41.6 Å². The second kappa shape index (κ2) is 8.56. The van der Waals surface area contributed by atoms with E-state index in [9.17, 15) is 8.42 Å². The van der Waals surface area contributed by atoms with Gasteiger partial charge in [-0.25, -0.2) is 22.7 Å². The average Bonchev–Trinajstić information content (AvgIpc) is 2.77. The van der Waals surface area contributed by atoms with Gasteiger partial charge in [-0.15, -0.1) is 0 Å². The summed E-state index contributed by atoms with van der Waals surface area (Å²) in [6.45, 7) is 5.26. The monoisotopic (exact) mass is 504 g/mol. The van der Waals surface area contributed by atoms with Crippen molar-refractivity contribution in [2.24, 2.45) is 5.41 Å². The van der Waals surface area contributed by atoms with Gasteiger partial charge in [0.15, 0.2) is 0 Å². The molecule has 36 heavy (non-hydrogen) atoms. The zero-order chi connectivity index (χ0) is 25.0. The fourth-order valence-corrected chi connectivity index (χ4v) is 6.85. The van der Waals surface area contributed by atoms with Gasteiger partial charge in [0.2, 0.25) is 16.0 Å². The molecule has 3 fully saturated rings. The minimum Gasteiger partial charge on any atom is -0.487 e. The number of rotatable bonds is 7. The van der Waals surface area contributed by atoms with E-state index in [1.165, 1.54) is 46.5 Å². The Morgan fingerprint density at radius 2 is 1.56 bits per heavy atom. The fourth-order valence-electron chi connectivity index (χ4n) is 5.83. The molecular formula is C28H32N4O3S. The molecule has 2 saturated heterocycles. The highest BCUT2D eigenvalue weighted by molar-refractivity contribution is 7.88. The van der Waals surface area contributed by atoms with Crippen molar-refractivity contribution in [2.75, 3.05) is 37.3 Å². The largest absolute Gasteiger partial charge is 0.487 e. The molecule has 8 heteroatoms. The highest BCUT2D eigenvalue weighted by atomic mass is 32.2. The van der Waals surface area contributed by atoms with Crippen molar-refractivity contribution < 1.29 is 13.2 Å². The number of benzene rings is 2. The van der Waals surface area contributed by atoms with Crippen molar-refractivity contribution in [3.8, 4) is 5.75 Å². The summed E-state index contributed by atoms with van der Waals surface area (Å²) in [5.74, 6) is 1.51. The van der Waals surface area contributed by atoms with Gasteiger partial charge in [0.25, 0.3) is 0 Å². The zero-order valence-electron chi connectivity index (χ0n) is 20.9. The number of aromatic nitrogens is 2. The van der Waals surface area contributed by atoms with Crippen LogP contribution in [0.2, 0.25) is 0 Å². The lowest BCUT2D eigenvalue weighted by Crippen LogP contribution is -2.73. The van der Waals surface area contributed by atoms with Crippen molar-refractivity contribution in [1.29, 1.82) is 0 Å². The van der Waals surface area contributed by atoms with Gasteiger partial charge in [0.05, 0.1) is 11.9 Å². The Morgan fingerprint density at radius 3 is 2.14 bits per heavy atom. The van der Waals surface area contributed by atoms with Gasteiger partial charge in [0.1, 0.15) is 12.4 Å². The van der Waals surface area contributed by atoms with Crippen LogP contribution in [0.4, 0.5) is 5.95 Å². The van der Waals surface area contributed by atoms with E-state index in [-0.39, 0.29) is 10.8 Å². The summed E-state index contributed by atoms with van der Waals surface area (Å²) in [4.78, 5) is 11.2. The zero-order valence-corrected chi connectivity index (χ0v) is 21.7. The smallest absolute Gasteiger partial charge is 0.225 e. The van der Waals surface area contributed by atoms with Crippen molar-refractivity contribution in [2.45, 2.75) is 38.2 Å². The summed E-state index contributed by atoms with van der Waals surface area (Å²) in [7, 11) is -3.09. The van der Waals surface area contributed by atoms with Crippen LogP contribution in [0.15, 0.2) is 60.8 Å². The molecule has 1 saturated carbocycles. The van der Waals surface area contributed by atoms with Crippen LogP contribution in [0, 0.1) is 12.3 Å². The van der Waals surface area contributed by atoms with Crippen molar-refractivity contribution >= 4 is 16.0 Å². The molecule has 0 amide bonds. The van der Waals surface area contributed by atoms with E-state index in [0.717, 1.165) is 24.5 Å². The normalized spacial score (nSPS) is 20.3. The third-order valence-electron chi connectivity index (χ3n) is 8.13. The first-order valence-electron chi connectivity index (χ1n) is 12.6. The topological polar surface area (TPSA) is 75.6 Å². The number of nitrogens with zero attached hydrogens (tertiary/aromatic N) is 4. The van der Waals surface area contributed by atoms with E-state index in [2.05, 4.69) is 70.3 Å². The van der Waals surface area contributed by atoms with Gasteiger partial charge in [0, 0.05) is 43.2 Å². The molecule has 0 unspecified atom stereocenters. The van der Waals surface area contributed by atoms with Gasteiger partial charge < -0.3 is 9.64 Å². The molecule has 1 aromatic heterocycles. The molecule has 7 nitrogen and oxygen atoms in total. The molecule has 3 aromatic rings. The van der Waals surface area contributed by atoms with Crippen LogP contribution in [0.25, 0.3) is 0 Å². The van der Waals surface area contributed by atoms with Gasteiger partial charge in [-0.05, 0) is 49.1 Å². The Labute approximate surface area is 213 Å². The minimum atomic E-state index is -3.09. The Bertz CT molecular complexity index is 1350. The average molecular weight is 505 g/mol. The summed E-state index contributed by atoms with van der Waals surface area (Å²) in [6.07, 6.45) is 6.66. The third-order valence-corrected chi connectivity index (χ3v) is 9.33. The van der Waals surface area contributed by atoms with Crippen molar-refractivity contribution in [3.63, 3.8) is 0 Å². The Hall–Kier alpha value is -2.97. The lowest BCUT2D eigenvalue weighted by molar-refractivity contribution is 0.0389. The van der Waals surface area contributed by atoms with Crippen molar-refractivity contribution in [3.05, 3.63) is 83.2 Å². The predicted octanol–water partition coefficient (Wildman–Crippen LogP) is 3.92. The molecule has 6 rings (SSSR count). The second-order valence-electron chi connectivity index (χ2n) is 10.8. The molecule has 3 heterocycles. The molecule has 2 aromatic carbocycles. The Morgan fingerprint density at radius 1 is 0.917 bits per heavy atom. The molecule has 0 bridgehead atoms. The number of ether oxygens (including phenoxy) is 1.